The lowest BCUT2D eigenvalue weighted by Crippen LogP contribution is -2.46. The van der Waals surface area contributed by atoms with Crippen LogP contribution in [0.3, 0.4) is 0 Å². The fourth-order valence-electron chi connectivity index (χ4n) is 4.98. The van der Waals surface area contributed by atoms with Crippen molar-refractivity contribution in [3.63, 3.8) is 0 Å². The summed E-state index contributed by atoms with van der Waals surface area (Å²) in [4.78, 5) is 21.3. The molecule has 0 aromatic heterocycles. The molecule has 33 heavy (non-hydrogen) atoms. The number of urea groups is 1. The van der Waals surface area contributed by atoms with E-state index in [-0.39, 0.29) is 12.1 Å². The maximum Gasteiger partial charge on any atom is 0.330 e. The maximum absolute atomic E-state index is 14.1. The highest BCUT2D eigenvalue weighted by atomic mass is 16.2. The van der Waals surface area contributed by atoms with Gasteiger partial charge in [-0.25, -0.2) is 9.64 Å². The summed E-state index contributed by atoms with van der Waals surface area (Å²) >= 11 is 0. The molecule has 0 N–H and O–H groups in total. The Hall–Kier alpha value is -4.09. The van der Waals surface area contributed by atoms with Crippen LogP contribution in [0.1, 0.15) is 49.4 Å². The zero-order valence-corrected chi connectivity index (χ0v) is 19.1. The van der Waals surface area contributed by atoms with Gasteiger partial charge in [0.2, 0.25) is 0 Å². The Morgan fingerprint density at radius 1 is 1.06 bits per heavy atom. The highest BCUT2D eigenvalue weighted by Crippen LogP contribution is 2.50. The van der Waals surface area contributed by atoms with E-state index in [0.29, 0.717) is 11.3 Å². The number of hydrogen-bond acceptors (Lipinski definition) is 2. The molecule has 5 heteroatoms. The Bertz CT molecular complexity index is 1250. The van der Waals surface area contributed by atoms with E-state index in [1.165, 1.54) is 0 Å². The van der Waals surface area contributed by atoms with Crippen molar-refractivity contribution in [2.75, 3.05) is 9.80 Å². The van der Waals surface area contributed by atoms with E-state index in [0.717, 1.165) is 35.3 Å². The molecule has 1 fully saturated rings. The van der Waals surface area contributed by atoms with Gasteiger partial charge in [0.15, 0.2) is 5.69 Å². The monoisotopic (exact) mass is 434 g/mol. The quantitative estimate of drug-likeness (QED) is 0.400. The Morgan fingerprint density at radius 3 is 2.30 bits per heavy atom. The average molecular weight is 435 g/mol. The molecule has 2 amide bonds. The molecule has 4 rings (SSSR count). The summed E-state index contributed by atoms with van der Waals surface area (Å²) in [7, 11) is 0. The number of amides is 2. The first kappa shape index (κ1) is 22.1. The molecule has 1 saturated heterocycles. The number of hydrogen-bond donors (Lipinski definition) is 0. The lowest BCUT2D eigenvalue weighted by atomic mass is 9.82. The van der Waals surface area contributed by atoms with Crippen LogP contribution < -0.4 is 9.80 Å². The number of rotatable bonds is 5. The van der Waals surface area contributed by atoms with Gasteiger partial charge in [-0.05, 0) is 62.2 Å². The van der Waals surface area contributed by atoms with Gasteiger partial charge in [0.1, 0.15) is 0 Å². The zero-order valence-electron chi connectivity index (χ0n) is 19.1. The van der Waals surface area contributed by atoms with Crippen LogP contribution >= 0.6 is 0 Å². The Kier molecular flexibility index (Phi) is 5.90. The topological polar surface area (TPSA) is 51.7 Å². The second-order valence-electron chi connectivity index (χ2n) is 8.70. The average Bonchev–Trinajstić information content (AvgIpc) is 3.05. The van der Waals surface area contributed by atoms with Crippen LogP contribution in [0.4, 0.5) is 21.9 Å². The van der Waals surface area contributed by atoms with Crippen molar-refractivity contribution in [2.45, 2.75) is 45.2 Å². The highest BCUT2D eigenvalue weighted by Gasteiger charge is 2.55. The van der Waals surface area contributed by atoms with Crippen molar-refractivity contribution in [2.24, 2.45) is 0 Å². The second-order valence-corrected chi connectivity index (χ2v) is 8.70. The van der Waals surface area contributed by atoms with Crippen LogP contribution in [-0.4, -0.2) is 11.6 Å². The summed E-state index contributed by atoms with van der Waals surface area (Å²) in [6, 6.07) is 24.6. The number of nitrogens with zero attached hydrogens (tertiary/aromatic N) is 4. The van der Waals surface area contributed by atoms with Crippen LogP contribution in [0.25, 0.3) is 4.85 Å². The molecule has 1 heterocycles. The predicted molar refractivity (Wildman–Crippen MR) is 131 cm³/mol. The molecule has 0 radical (unpaired) electrons. The maximum atomic E-state index is 14.1. The van der Waals surface area contributed by atoms with E-state index in [2.05, 4.69) is 49.9 Å². The third-order valence-corrected chi connectivity index (χ3v) is 6.38. The molecule has 0 aliphatic carbocycles. The van der Waals surface area contributed by atoms with E-state index < -0.39 is 5.54 Å². The van der Waals surface area contributed by atoms with Gasteiger partial charge in [-0.15, -0.1) is 0 Å². The number of aryl methyl sites for hydroxylation is 1. The van der Waals surface area contributed by atoms with Crippen LogP contribution in [0.5, 0.6) is 0 Å². The molecule has 3 aromatic carbocycles. The van der Waals surface area contributed by atoms with Crippen molar-refractivity contribution in [1.82, 2.24) is 0 Å². The molecular formula is C28H26N4O. The molecule has 2 atom stereocenters. The van der Waals surface area contributed by atoms with Gasteiger partial charge in [0, 0.05) is 11.4 Å². The minimum atomic E-state index is -0.522. The second kappa shape index (κ2) is 8.81. The van der Waals surface area contributed by atoms with Gasteiger partial charge in [0.05, 0.1) is 29.8 Å². The molecule has 0 saturated carbocycles. The van der Waals surface area contributed by atoms with Gasteiger partial charge in [-0.2, -0.15) is 5.26 Å². The molecular weight excluding hydrogens is 408 g/mol. The fourth-order valence-corrected chi connectivity index (χ4v) is 4.98. The van der Waals surface area contributed by atoms with Gasteiger partial charge in [-0.3, -0.25) is 9.80 Å². The highest BCUT2D eigenvalue weighted by molar-refractivity contribution is 6.08. The Balaban J connectivity index is 1.93. The van der Waals surface area contributed by atoms with Crippen LogP contribution in [0, 0.1) is 24.8 Å². The summed E-state index contributed by atoms with van der Waals surface area (Å²) < 4.78 is 0. The van der Waals surface area contributed by atoms with E-state index in [9.17, 15) is 10.1 Å². The van der Waals surface area contributed by atoms with E-state index >= 15 is 0 Å². The van der Waals surface area contributed by atoms with Crippen molar-refractivity contribution < 1.29 is 4.79 Å². The van der Waals surface area contributed by atoms with Gasteiger partial charge in [0.25, 0.3) is 0 Å². The predicted octanol–water partition coefficient (Wildman–Crippen LogP) is 7.16. The molecule has 1 unspecified atom stereocenters. The molecule has 1 aliphatic rings. The summed E-state index contributed by atoms with van der Waals surface area (Å²) in [5, 5.41) is 9.22. The number of benzene rings is 3. The van der Waals surface area contributed by atoms with Crippen molar-refractivity contribution in [1.29, 1.82) is 5.26 Å². The van der Waals surface area contributed by atoms with Crippen molar-refractivity contribution >= 4 is 23.1 Å². The molecule has 1 aliphatic heterocycles. The number of carbonyl (C=O) groups is 1. The smallest absolute Gasteiger partial charge is 0.286 e. The largest absolute Gasteiger partial charge is 0.330 e. The van der Waals surface area contributed by atoms with Gasteiger partial charge < -0.3 is 0 Å². The summed E-state index contributed by atoms with van der Waals surface area (Å²) in [5.41, 5.74) is 4.32. The first-order valence-electron chi connectivity index (χ1n) is 11.1. The molecule has 0 spiro atoms. The minimum Gasteiger partial charge on any atom is -0.286 e. The van der Waals surface area contributed by atoms with Crippen molar-refractivity contribution in [3.05, 3.63) is 101 Å². The molecule has 0 bridgehead atoms. The SMILES string of the molecule is [C-]#[N+]c1ccc(N2C(=O)N(c3ccc(C#N)cc3)[C@@](C)(CCC)C2c2cccc(C)c2)cc1. The van der Waals surface area contributed by atoms with E-state index in [1.54, 1.807) is 24.3 Å². The van der Waals surface area contributed by atoms with E-state index in [1.807, 2.05) is 40.1 Å². The van der Waals surface area contributed by atoms with E-state index in [4.69, 9.17) is 6.57 Å². The van der Waals surface area contributed by atoms with Gasteiger partial charge >= 0.3 is 6.03 Å². The van der Waals surface area contributed by atoms with Crippen LogP contribution in [0.2, 0.25) is 0 Å². The minimum absolute atomic E-state index is 0.113. The molecule has 3 aromatic rings. The third-order valence-electron chi connectivity index (χ3n) is 6.38. The number of nitriles is 1. The standard InChI is InChI=1S/C28H26N4O/c1-5-17-28(3)26(22-8-6-7-20(2)18-22)31(24-15-11-23(30-4)12-16-24)27(33)32(28)25-13-9-21(19-29)10-14-25/h6-16,18,26H,5,17H2,1-3H3/t26?,28-/m0/s1. The first-order chi connectivity index (χ1) is 15.9. The summed E-state index contributed by atoms with van der Waals surface area (Å²) in [5.74, 6) is 0. The normalized spacial score (nSPS) is 19.9. The summed E-state index contributed by atoms with van der Waals surface area (Å²) in [6.45, 7) is 13.6. The first-order valence-corrected chi connectivity index (χ1v) is 11.1. The van der Waals surface area contributed by atoms with Crippen LogP contribution in [0.15, 0.2) is 72.8 Å². The van der Waals surface area contributed by atoms with Crippen molar-refractivity contribution in [3.8, 4) is 6.07 Å². The van der Waals surface area contributed by atoms with Gasteiger partial charge in [-0.1, -0.05) is 55.3 Å². The molecule has 5 nitrogen and oxygen atoms in total. The number of carbonyl (C=O) groups excluding carboxylic acids is 1. The summed E-state index contributed by atoms with van der Waals surface area (Å²) in [6.07, 6.45) is 1.71. The zero-order chi connectivity index (χ0) is 23.6. The third kappa shape index (κ3) is 3.83. The van der Waals surface area contributed by atoms with Crippen LogP contribution in [-0.2, 0) is 0 Å². The number of anilines is 2. The lowest BCUT2D eigenvalue weighted by molar-refractivity contribution is 0.253. The lowest BCUT2D eigenvalue weighted by Gasteiger charge is -2.39. The molecule has 164 valence electrons. The Labute approximate surface area is 195 Å². The fraction of sp³-hybridized carbons (Fsp3) is 0.250. The Morgan fingerprint density at radius 2 is 1.73 bits per heavy atom.